The molecule has 1 atom stereocenters. The molecule has 0 unspecified atom stereocenters. The van der Waals surface area contributed by atoms with Gasteiger partial charge >= 0.3 is 0 Å². The molecule has 0 amide bonds. The summed E-state index contributed by atoms with van der Waals surface area (Å²) < 4.78 is 0. The molecule has 0 bridgehead atoms. The van der Waals surface area contributed by atoms with Gasteiger partial charge in [-0.3, -0.25) is 4.98 Å². The van der Waals surface area contributed by atoms with Crippen LogP contribution in [0.2, 0.25) is 0 Å². The smallest absolute Gasteiger partial charge is 0.163 e. The SMILES string of the molecule is C[C@@H]1CCCCN1c1nc(-c2cccnc2)nc2ccccc12. The number of para-hydroxylation sites is 1. The summed E-state index contributed by atoms with van der Waals surface area (Å²) in [6, 6.07) is 12.7. The van der Waals surface area contributed by atoms with Gasteiger partial charge in [0.1, 0.15) is 5.82 Å². The topological polar surface area (TPSA) is 41.9 Å². The van der Waals surface area contributed by atoms with Gasteiger partial charge in [-0.05, 0) is 50.5 Å². The van der Waals surface area contributed by atoms with E-state index in [1.54, 1.807) is 6.20 Å². The van der Waals surface area contributed by atoms with Crippen molar-refractivity contribution >= 4 is 16.7 Å². The van der Waals surface area contributed by atoms with E-state index in [1.807, 2.05) is 24.4 Å². The van der Waals surface area contributed by atoms with Gasteiger partial charge < -0.3 is 4.90 Å². The summed E-state index contributed by atoms with van der Waals surface area (Å²) in [5.41, 5.74) is 1.96. The predicted octanol–water partition coefficient (Wildman–Crippen LogP) is 4.07. The standard InChI is InChI=1S/C19H20N4/c1-14-7-4-5-12-23(14)19-16-9-2-3-10-17(16)21-18(22-19)15-8-6-11-20-13-15/h2-3,6,8-11,13-14H,4-5,7,12H2,1H3/t14-/m1/s1. The van der Waals surface area contributed by atoms with Crippen LogP contribution in [0.4, 0.5) is 5.82 Å². The van der Waals surface area contributed by atoms with Gasteiger partial charge in [-0.25, -0.2) is 9.97 Å². The minimum atomic E-state index is 0.517. The predicted molar refractivity (Wildman–Crippen MR) is 93.4 cm³/mol. The lowest BCUT2D eigenvalue weighted by molar-refractivity contribution is 0.482. The van der Waals surface area contributed by atoms with E-state index in [0.717, 1.165) is 34.7 Å². The molecule has 1 aromatic carbocycles. The molecule has 2 aromatic heterocycles. The second-order valence-electron chi connectivity index (χ2n) is 6.17. The number of nitrogens with zero attached hydrogens (tertiary/aromatic N) is 4. The van der Waals surface area contributed by atoms with Crippen molar-refractivity contribution in [2.45, 2.75) is 32.2 Å². The van der Waals surface area contributed by atoms with Crippen molar-refractivity contribution in [3.63, 3.8) is 0 Å². The normalized spacial score (nSPS) is 18.3. The van der Waals surface area contributed by atoms with Crippen molar-refractivity contribution in [2.24, 2.45) is 0 Å². The minimum absolute atomic E-state index is 0.517. The van der Waals surface area contributed by atoms with Crippen LogP contribution in [-0.4, -0.2) is 27.5 Å². The fraction of sp³-hybridized carbons (Fsp3) is 0.316. The Morgan fingerprint density at radius 1 is 1.04 bits per heavy atom. The first-order chi connectivity index (χ1) is 11.3. The van der Waals surface area contributed by atoms with E-state index < -0.39 is 0 Å². The third-order valence-corrected chi connectivity index (χ3v) is 4.58. The van der Waals surface area contributed by atoms with Gasteiger partial charge in [-0.15, -0.1) is 0 Å². The Bertz CT molecular complexity index is 816. The number of aromatic nitrogens is 3. The molecule has 0 radical (unpaired) electrons. The van der Waals surface area contributed by atoms with Gasteiger partial charge in [0.15, 0.2) is 5.82 Å². The highest BCUT2D eigenvalue weighted by Gasteiger charge is 2.22. The van der Waals surface area contributed by atoms with Crippen LogP contribution in [0.5, 0.6) is 0 Å². The maximum Gasteiger partial charge on any atom is 0.163 e. The van der Waals surface area contributed by atoms with Crippen molar-refractivity contribution in [3.8, 4) is 11.4 Å². The fourth-order valence-electron chi connectivity index (χ4n) is 3.32. The first kappa shape index (κ1) is 14.1. The molecule has 4 nitrogen and oxygen atoms in total. The van der Waals surface area contributed by atoms with Crippen molar-refractivity contribution in [1.29, 1.82) is 0 Å². The molecule has 0 saturated carbocycles. The quantitative estimate of drug-likeness (QED) is 0.715. The fourth-order valence-corrected chi connectivity index (χ4v) is 3.32. The molecular weight excluding hydrogens is 284 g/mol. The average molecular weight is 304 g/mol. The molecule has 3 aromatic rings. The van der Waals surface area contributed by atoms with Crippen molar-refractivity contribution in [2.75, 3.05) is 11.4 Å². The van der Waals surface area contributed by atoms with E-state index in [1.165, 1.54) is 19.3 Å². The van der Waals surface area contributed by atoms with Crippen molar-refractivity contribution in [3.05, 3.63) is 48.8 Å². The van der Waals surface area contributed by atoms with Crippen LogP contribution in [0.15, 0.2) is 48.8 Å². The molecule has 0 spiro atoms. The molecule has 4 heteroatoms. The zero-order valence-electron chi connectivity index (χ0n) is 13.3. The van der Waals surface area contributed by atoms with Crippen LogP contribution in [-0.2, 0) is 0 Å². The van der Waals surface area contributed by atoms with Crippen LogP contribution < -0.4 is 4.90 Å². The number of hydrogen-bond acceptors (Lipinski definition) is 4. The van der Waals surface area contributed by atoms with Crippen molar-refractivity contribution in [1.82, 2.24) is 15.0 Å². The highest BCUT2D eigenvalue weighted by atomic mass is 15.2. The summed E-state index contributed by atoms with van der Waals surface area (Å²) in [6.45, 7) is 3.36. The number of pyridine rings is 1. The third kappa shape index (κ3) is 2.65. The first-order valence-electron chi connectivity index (χ1n) is 8.27. The van der Waals surface area contributed by atoms with Gasteiger partial charge in [-0.2, -0.15) is 0 Å². The number of piperidine rings is 1. The minimum Gasteiger partial charge on any atom is -0.353 e. The molecule has 116 valence electrons. The van der Waals surface area contributed by atoms with Gasteiger partial charge in [0, 0.05) is 35.9 Å². The van der Waals surface area contributed by atoms with E-state index in [0.29, 0.717) is 6.04 Å². The number of hydrogen-bond donors (Lipinski definition) is 0. The maximum absolute atomic E-state index is 4.92. The Morgan fingerprint density at radius 2 is 1.96 bits per heavy atom. The molecule has 1 fully saturated rings. The van der Waals surface area contributed by atoms with Gasteiger partial charge in [0.05, 0.1) is 5.52 Å². The van der Waals surface area contributed by atoms with E-state index >= 15 is 0 Å². The largest absolute Gasteiger partial charge is 0.353 e. The average Bonchev–Trinajstić information content (AvgIpc) is 2.62. The molecule has 1 saturated heterocycles. The second kappa shape index (κ2) is 5.95. The van der Waals surface area contributed by atoms with E-state index in [9.17, 15) is 0 Å². The number of rotatable bonds is 2. The summed E-state index contributed by atoms with van der Waals surface area (Å²) in [4.78, 5) is 16.3. The summed E-state index contributed by atoms with van der Waals surface area (Å²) in [5.74, 6) is 1.81. The lowest BCUT2D eigenvalue weighted by Gasteiger charge is -2.35. The van der Waals surface area contributed by atoms with Crippen LogP contribution >= 0.6 is 0 Å². The lowest BCUT2D eigenvalue weighted by Crippen LogP contribution is -2.38. The second-order valence-corrected chi connectivity index (χ2v) is 6.17. The highest BCUT2D eigenvalue weighted by molar-refractivity contribution is 5.91. The summed E-state index contributed by atoms with van der Waals surface area (Å²) in [5, 5.41) is 1.13. The van der Waals surface area contributed by atoms with Crippen LogP contribution in [0.3, 0.4) is 0 Å². The molecule has 0 N–H and O–H groups in total. The molecule has 3 heterocycles. The van der Waals surface area contributed by atoms with Gasteiger partial charge in [0.2, 0.25) is 0 Å². The molecular formula is C19H20N4. The monoisotopic (exact) mass is 304 g/mol. The van der Waals surface area contributed by atoms with Crippen LogP contribution in [0.1, 0.15) is 26.2 Å². The van der Waals surface area contributed by atoms with Gasteiger partial charge in [-0.1, -0.05) is 12.1 Å². The van der Waals surface area contributed by atoms with E-state index in [4.69, 9.17) is 9.97 Å². The Hall–Kier alpha value is -2.49. The molecule has 1 aliphatic rings. The van der Waals surface area contributed by atoms with E-state index in [-0.39, 0.29) is 0 Å². The Labute approximate surface area is 136 Å². The Kier molecular flexibility index (Phi) is 3.66. The first-order valence-corrected chi connectivity index (χ1v) is 8.27. The highest BCUT2D eigenvalue weighted by Crippen LogP contribution is 2.31. The zero-order valence-corrected chi connectivity index (χ0v) is 13.3. The Balaban J connectivity index is 1.91. The van der Waals surface area contributed by atoms with E-state index in [2.05, 4.69) is 35.0 Å². The Morgan fingerprint density at radius 3 is 2.78 bits per heavy atom. The molecule has 1 aliphatic heterocycles. The number of anilines is 1. The summed E-state index contributed by atoms with van der Waals surface area (Å²) in [6.07, 6.45) is 7.35. The van der Waals surface area contributed by atoms with Crippen molar-refractivity contribution < 1.29 is 0 Å². The third-order valence-electron chi connectivity index (χ3n) is 4.58. The number of benzene rings is 1. The molecule has 4 rings (SSSR count). The summed E-state index contributed by atoms with van der Waals surface area (Å²) in [7, 11) is 0. The molecule has 0 aliphatic carbocycles. The lowest BCUT2D eigenvalue weighted by atomic mass is 10.0. The summed E-state index contributed by atoms with van der Waals surface area (Å²) >= 11 is 0. The maximum atomic E-state index is 4.92. The van der Waals surface area contributed by atoms with Crippen LogP contribution in [0, 0.1) is 0 Å². The van der Waals surface area contributed by atoms with Crippen LogP contribution in [0.25, 0.3) is 22.3 Å². The number of fused-ring (bicyclic) bond motifs is 1. The van der Waals surface area contributed by atoms with Gasteiger partial charge in [0.25, 0.3) is 0 Å². The zero-order chi connectivity index (χ0) is 15.6. The molecule has 23 heavy (non-hydrogen) atoms.